The summed E-state index contributed by atoms with van der Waals surface area (Å²) in [7, 11) is 0. The smallest absolute Gasteiger partial charge is 0.434 e. The molecule has 0 spiro atoms. The number of amidine groups is 1. The molecule has 1 atom stereocenters. The Labute approximate surface area is 248 Å². The van der Waals surface area contributed by atoms with Crippen molar-refractivity contribution in [3.63, 3.8) is 0 Å². The SMILES string of the molecule is C=CC1CCC(Cn2c(C(C)(F)c3c(F)cccc3F)nc(O)c2C(=NC(=N)c2n[nH]c(=O)o2)c2cncc(Cl)c2)CC1. The highest BCUT2D eigenvalue weighted by atomic mass is 35.5. The summed E-state index contributed by atoms with van der Waals surface area (Å²) < 4.78 is 52.8. The number of aliphatic imine (C=N–C) groups is 1. The van der Waals surface area contributed by atoms with Crippen molar-refractivity contribution in [2.24, 2.45) is 16.8 Å². The number of aromatic hydroxyl groups is 1. The summed E-state index contributed by atoms with van der Waals surface area (Å²) in [5, 5.41) is 25.5. The Bertz CT molecular complexity index is 1750. The number of aromatic amines is 1. The molecule has 0 bridgehead atoms. The molecule has 1 fully saturated rings. The van der Waals surface area contributed by atoms with Crippen LogP contribution in [-0.4, -0.2) is 41.4 Å². The van der Waals surface area contributed by atoms with Crippen molar-refractivity contribution in [2.45, 2.75) is 44.8 Å². The molecule has 3 heterocycles. The van der Waals surface area contributed by atoms with E-state index >= 15 is 4.39 Å². The summed E-state index contributed by atoms with van der Waals surface area (Å²) in [6, 6.07) is 4.43. The molecule has 1 unspecified atom stereocenters. The fourth-order valence-electron chi connectivity index (χ4n) is 5.42. The number of hydrogen-bond acceptors (Lipinski definition) is 7. The van der Waals surface area contributed by atoms with Crippen LogP contribution >= 0.6 is 11.6 Å². The summed E-state index contributed by atoms with van der Waals surface area (Å²) in [6.45, 7) is 4.92. The molecular formula is C29H27ClF3N7O3. The van der Waals surface area contributed by atoms with E-state index in [-0.39, 0.29) is 34.5 Å². The van der Waals surface area contributed by atoms with E-state index in [4.69, 9.17) is 21.4 Å². The zero-order valence-corrected chi connectivity index (χ0v) is 23.7. The number of alkyl halides is 1. The van der Waals surface area contributed by atoms with Gasteiger partial charge in [0.05, 0.1) is 10.6 Å². The summed E-state index contributed by atoms with van der Waals surface area (Å²) in [5.74, 6) is -5.18. The Kier molecular flexibility index (Phi) is 8.36. The summed E-state index contributed by atoms with van der Waals surface area (Å²) >= 11 is 6.20. The van der Waals surface area contributed by atoms with E-state index in [2.05, 4.69) is 26.6 Å². The lowest BCUT2D eigenvalue weighted by Gasteiger charge is -2.30. The fraction of sp³-hybridized carbons (Fsp3) is 0.310. The van der Waals surface area contributed by atoms with E-state index in [1.165, 1.54) is 23.0 Å². The van der Waals surface area contributed by atoms with Crippen molar-refractivity contribution in [3.8, 4) is 5.88 Å². The van der Waals surface area contributed by atoms with E-state index < -0.39 is 52.1 Å². The summed E-state index contributed by atoms with van der Waals surface area (Å²) in [4.78, 5) is 23.9. The van der Waals surface area contributed by atoms with E-state index in [0.29, 0.717) is 5.92 Å². The molecule has 0 saturated heterocycles. The van der Waals surface area contributed by atoms with Gasteiger partial charge in [0.1, 0.15) is 23.0 Å². The third-order valence-electron chi connectivity index (χ3n) is 7.53. The minimum atomic E-state index is -2.86. The van der Waals surface area contributed by atoms with Crippen LogP contribution < -0.4 is 5.76 Å². The Balaban J connectivity index is 1.74. The Morgan fingerprint density at radius 3 is 2.60 bits per heavy atom. The second-order valence-corrected chi connectivity index (χ2v) is 10.9. The van der Waals surface area contributed by atoms with Crippen LogP contribution in [0.3, 0.4) is 0 Å². The quantitative estimate of drug-likeness (QED) is 0.132. The van der Waals surface area contributed by atoms with Gasteiger partial charge in [-0.15, -0.1) is 11.7 Å². The van der Waals surface area contributed by atoms with Crippen LogP contribution in [0.1, 0.15) is 61.1 Å². The highest BCUT2D eigenvalue weighted by Crippen LogP contribution is 2.40. The average molecular weight is 614 g/mol. The van der Waals surface area contributed by atoms with Crippen LogP contribution in [0.15, 0.2) is 63.5 Å². The van der Waals surface area contributed by atoms with Crippen LogP contribution in [0.2, 0.25) is 5.02 Å². The number of nitrogens with one attached hydrogen (secondary N) is 2. The number of benzene rings is 1. The van der Waals surface area contributed by atoms with Crippen molar-refractivity contribution in [1.82, 2.24) is 24.7 Å². The van der Waals surface area contributed by atoms with E-state index in [1.807, 2.05) is 11.2 Å². The van der Waals surface area contributed by atoms with Crippen LogP contribution in [-0.2, 0) is 12.2 Å². The number of aromatic nitrogens is 5. The highest BCUT2D eigenvalue weighted by Gasteiger charge is 2.42. The monoisotopic (exact) mass is 613 g/mol. The maximum absolute atomic E-state index is 16.8. The molecule has 224 valence electrons. The molecular weight excluding hydrogens is 587 g/mol. The standard InChI is InChI=1S/C29H27ClF3N7O3/c1-3-15-7-9-16(10-8-15)14-40-23(25(41)37-27(40)29(2,33)21-19(31)5-4-6-20(21)32)22(17-11-18(30)13-35-12-17)36-24(34)26-38-39-28(42)43-26/h3-6,11-13,15-16,34,41H,1,7-10,14H2,2H3,(H,39,42). The predicted molar refractivity (Wildman–Crippen MR) is 152 cm³/mol. The van der Waals surface area contributed by atoms with Gasteiger partial charge in [-0.2, -0.15) is 4.98 Å². The van der Waals surface area contributed by atoms with Crippen LogP contribution in [0.5, 0.6) is 5.88 Å². The maximum Gasteiger partial charge on any atom is 0.434 e. The number of H-pyrrole nitrogens is 1. The molecule has 0 amide bonds. The fourth-order valence-corrected chi connectivity index (χ4v) is 5.59. The van der Waals surface area contributed by atoms with Gasteiger partial charge in [0.15, 0.2) is 11.5 Å². The van der Waals surface area contributed by atoms with Gasteiger partial charge in [0.25, 0.3) is 5.89 Å². The predicted octanol–water partition coefficient (Wildman–Crippen LogP) is 5.68. The van der Waals surface area contributed by atoms with E-state index in [1.54, 1.807) is 0 Å². The first-order valence-electron chi connectivity index (χ1n) is 13.4. The molecule has 1 saturated carbocycles. The van der Waals surface area contributed by atoms with Gasteiger partial charge in [0, 0.05) is 24.5 Å². The number of rotatable bonds is 8. The minimum absolute atomic E-state index is 0.0360. The number of pyridine rings is 1. The molecule has 3 N–H and O–H groups in total. The van der Waals surface area contributed by atoms with E-state index in [9.17, 15) is 18.7 Å². The van der Waals surface area contributed by atoms with Gasteiger partial charge in [-0.05, 0) is 62.6 Å². The second-order valence-electron chi connectivity index (χ2n) is 10.5. The summed E-state index contributed by atoms with van der Waals surface area (Å²) in [6.07, 6.45) is 7.70. The Morgan fingerprint density at radius 1 is 1.30 bits per heavy atom. The zero-order valence-electron chi connectivity index (χ0n) is 23.0. The first kappa shape index (κ1) is 30.0. The largest absolute Gasteiger partial charge is 0.492 e. The molecule has 1 aliphatic carbocycles. The average Bonchev–Trinajstić information content (AvgIpc) is 3.55. The first-order valence-corrected chi connectivity index (χ1v) is 13.8. The van der Waals surface area contributed by atoms with Gasteiger partial charge in [-0.3, -0.25) is 10.4 Å². The number of halogens is 4. The molecule has 4 aromatic rings. The third-order valence-corrected chi connectivity index (χ3v) is 7.74. The van der Waals surface area contributed by atoms with Crippen molar-refractivity contribution >= 4 is 23.1 Å². The number of allylic oxidation sites excluding steroid dienone is 1. The molecule has 14 heteroatoms. The summed E-state index contributed by atoms with van der Waals surface area (Å²) in [5.41, 5.74) is -3.85. The molecule has 0 radical (unpaired) electrons. The zero-order chi connectivity index (χ0) is 30.9. The maximum atomic E-state index is 16.8. The van der Waals surface area contributed by atoms with Gasteiger partial charge >= 0.3 is 5.76 Å². The molecule has 43 heavy (non-hydrogen) atoms. The number of hydrogen-bond donors (Lipinski definition) is 3. The normalized spacial score (nSPS) is 18.8. The minimum Gasteiger partial charge on any atom is -0.492 e. The lowest BCUT2D eigenvalue weighted by atomic mass is 9.82. The van der Waals surface area contributed by atoms with Gasteiger partial charge in [-0.1, -0.05) is 23.7 Å². The van der Waals surface area contributed by atoms with Crippen molar-refractivity contribution < 1.29 is 22.7 Å². The van der Waals surface area contributed by atoms with Crippen LogP contribution in [0.4, 0.5) is 13.2 Å². The molecule has 0 aliphatic heterocycles. The number of imidazole rings is 1. The lowest BCUT2D eigenvalue weighted by Crippen LogP contribution is -2.29. The molecule has 5 rings (SSSR count). The third kappa shape index (κ3) is 6.03. The molecule has 10 nitrogen and oxygen atoms in total. The Hall–Kier alpha value is -4.52. The van der Waals surface area contributed by atoms with Gasteiger partial charge < -0.3 is 14.1 Å². The molecule has 1 aromatic carbocycles. The van der Waals surface area contributed by atoms with Gasteiger partial charge in [0.2, 0.25) is 11.7 Å². The Morgan fingerprint density at radius 2 is 2.00 bits per heavy atom. The second kappa shape index (κ2) is 12.0. The van der Waals surface area contributed by atoms with Gasteiger partial charge in [-0.25, -0.2) is 28.1 Å². The van der Waals surface area contributed by atoms with Crippen molar-refractivity contribution in [2.75, 3.05) is 0 Å². The first-order chi connectivity index (χ1) is 20.5. The lowest BCUT2D eigenvalue weighted by molar-refractivity contribution is 0.202. The van der Waals surface area contributed by atoms with Crippen LogP contribution in [0.25, 0.3) is 0 Å². The molecule has 1 aliphatic rings. The van der Waals surface area contributed by atoms with Crippen molar-refractivity contribution in [3.05, 3.63) is 105 Å². The molecule has 3 aromatic heterocycles. The topological polar surface area (TPSA) is 146 Å². The van der Waals surface area contributed by atoms with E-state index in [0.717, 1.165) is 50.8 Å². The van der Waals surface area contributed by atoms with Crippen LogP contribution in [0, 0.1) is 28.9 Å². The highest BCUT2D eigenvalue weighted by molar-refractivity contribution is 6.31. The van der Waals surface area contributed by atoms with Crippen molar-refractivity contribution in [1.29, 1.82) is 5.41 Å². The number of nitrogens with zero attached hydrogens (tertiary/aromatic N) is 5.